The highest BCUT2D eigenvalue weighted by Crippen LogP contribution is 2.25. The predicted octanol–water partition coefficient (Wildman–Crippen LogP) is 2.55. The fourth-order valence-electron chi connectivity index (χ4n) is 2.77. The lowest BCUT2D eigenvalue weighted by Crippen LogP contribution is -2.33. The molecule has 0 radical (unpaired) electrons. The third kappa shape index (κ3) is 2.88. The third-order valence-corrected chi connectivity index (χ3v) is 4.17. The molecule has 0 aliphatic heterocycles. The summed E-state index contributed by atoms with van der Waals surface area (Å²) in [5, 5.41) is 12.9. The van der Waals surface area contributed by atoms with Gasteiger partial charge >= 0.3 is 0 Å². The predicted molar refractivity (Wildman–Crippen MR) is 71.0 cm³/mol. The van der Waals surface area contributed by atoms with Gasteiger partial charge in [-0.15, -0.1) is 0 Å². The lowest BCUT2D eigenvalue weighted by molar-refractivity contribution is 0.205. The van der Waals surface area contributed by atoms with Crippen LogP contribution >= 0.6 is 0 Å². The number of nitrogens with one attached hydrogen (secondary N) is 1. The van der Waals surface area contributed by atoms with Crippen LogP contribution in [-0.2, 0) is 6.54 Å². The van der Waals surface area contributed by atoms with Gasteiger partial charge in [-0.1, -0.05) is 24.6 Å². The Labute approximate surface area is 104 Å². The molecule has 1 aromatic rings. The second-order valence-corrected chi connectivity index (χ2v) is 5.22. The molecule has 1 aliphatic carbocycles. The summed E-state index contributed by atoms with van der Waals surface area (Å²) in [5.74, 6) is 0.458. The number of aliphatic hydroxyl groups excluding tert-OH is 1. The monoisotopic (exact) mass is 233 g/mol. The molecule has 0 amide bonds. The van der Waals surface area contributed by atoms with E-state index in [9.17, 15) is 5.11 Å². The number of aryl methyl sites for hydroxylation is 1. The Morgan fingerprint density at radius 3 is 2.88 bits per heavy atom. The highest BCUT2D eigenvalue weighted by atomic mass is 16.3. The Morgan fingerprint density at radius 1 is 1.29 bits per heavy atom. The van der Waals surface area contributed by atoms with Crippen molar-refractivity contribution >= 4 is 0 Å². The van der Waals surface area contributed by atoms with Crippen LogP contribution in [0.5, 0.6) is 0 Å². The van der Waals surface area contributed by atoms with Gasteiger partial charge in [0, 0.05) is 19.2 Å². The first-order valence-electron chi connectivity index (χ1n) is 6.61. The number of hydrogen-bond acceptors (Lipinski definition) is 2. The van der Waals surface area contributed by atoms with Crippen LogP contribution in [0.4, 0.5) is 0 Å². The fraction of sp³-hybridized carbons (Fsp3) is 0.600. The molecule has 2 heteroatoms. The van der Waals surface area contributed by atoms with Gasteiger partial charge in [0.1, 0.15) is 0 Å². The van der Waals surface area contributed by atoms with Crippen molar-refractivity contribution in [2.24, 2.45) is 5.92 Å². The van der Waals surface area contributed by atoms with Crippen LogP contribution < -0.4 is 5.32 Å². The van der Waals surface area contributed by atoms with Crippen molar-refractivity contribution in [3.05, 3.63) is 34.9 Å². The Balaban J connectivity index is 1.95. The van der Waals surface area contributed by atoms with Crippen LogP contribution in [0.2, 0.25) is 0 Å². The minimum absolute atomic E-state index is 0.324. The van der Waals surface area contributed by atoms with E-state index in [0.29, 0.717) is 18.6 Å². The van der Waals surface area contributed by atoms with E-state index in [-0.39, 0.29) is 0 Å². The van der Waals surface area contributed by atoms with E-state index in [2.05, 4.69) is 37.4 Å². The maximum atomic E-state index is 9.29. The number of hydrogen-bond donors (Lipinski definition) is 2. The first kappa shape index (κ1) is 12.6. The highest BCUT2D eigenvalue weighted by molar-refractivity contribution is 5.32. The van der Waals surface area contributed by atoms with Crippen LogP contribution in [-0.4, -0.2) is 17.8 Å². The number of rotatable bonds is 4. The van der Waals surface area contributed by atoms with Crippen molar-refractivity contribution in [1.82, 2.24) is 5.32 Å². The van der Waals surface area contributed by atoms with Crippen molar-refractivity contribution in [1.29, 1.82) is 0 Å². The molecule has 0 bridgehead atoms. The molecule has 1 aliphatic rings. The van der Waals surface area contributed by atoms with Gasteiger partial charge in [-0.05, 0) is 49.3 Å². The zero-order valence-corrected chi connectivity index (χ0v) is 10.9. The minimum atomic E-state index is 0.324. The van der Waals surface area contributed by atoms with Gasteiger partial charge in [-0.3, -0.25) is 0 Å². The van der Waals surface area contributed by atoms with Gasteiger partial charge in [0.15, 0.2) is 0 Å². The molecular formula is C15H23NO. The van der Waals surface area contributed by atoms with Gasteiger partial charge in [0.2, 0.25) is 0 Å². The van der Waals surface area contributed by atoms with E-state index in [0.717, 1.165) is 6.54 Å². The topological polar surface area (TPSA) is 32.3 Å². The Bertz CT molecular complexity index is 375. The standard InChI is InChI=1S/C15H23NO/c1-11-5-3-6-13(12(11)2)9-16-15-8-4-7-14(15)10-17/h3,5-6,14-17H,4,7-10H2,1-2H3. The smallest absolute Gasteiger partial charge is 0.0474 e. The first-order valence-corrected chi connectivity index (χ1v) is 6.61. The van der Waals surface area contributed by atoms with E-state index in [1.807, 2.05) is 0 Å². The fourth-order valence-corrected chi connectivity index (χ4v) is 2.77. The summed E-state index contributed by atoms with van der Waals surface area (Å²) in [6.07, 6.45) is 3.62. The summed E-state index contributed by atoms with van der Waals surface area (Å²) in [6.45, 7) is 5.59. The maximum absolute atomic E-state index is 9.29. The molecule has 2 rings (SSSR count). The van der Waals surface area contributed by atoms with Crippen molar-refractivity contribution in [2.75, 3.05) is 6.61 Å². The second-order valence-electron chi connectivity index (χ2n) is 5.22. The average molecular weight is 233 g/mol. The average Bonchev–Trinajstić information content (AvgIpc) is 2.78. The van der Waals surface area contributed by atoms with E-state index in [1.165, 1.54) is 36.0 Å². The Morgan fingerprint density at radius 2 is 2.12 bits per heavy atom. The summed E-state index contributed by atoms with van der Waals surface area (Å²) in [6, 6.07) is 6.97. The van der Waals surface area contributed by atoms with E-state index >= 15 is 0 Å². The van der Waals surface area contributed by atoms with Gasteiger partial charge < -0.3 is 10.4 Å². The lowest BCUT2D eigenvalue weighted by atomic mass is 10.0. The van der Waals surface area contributed by atoms with E-state index in [4.69, 9.17) is 0 Å². The number of benzene rings is 1. The number of aliphatic hydroxyl groups is 1. The van der Waals surface area contributed by atoms with Crippen LogP contribution in [0.1, 0.15) is 36.0 Å². The van der Waals surface area contributed by atoms with Gasteiger partial charge in [0.25, 0.3) is 0 Å². The molecule has 2 N–H and O–H groups in total. The van der Waals surface area contributed by atoms with E-state index in [1.54, 1.807) is 0 Å². The highest BCUT2D eigenvalue weighted by Gasteiger charge is 2.25. The molecule has 1 saturated carbocycles. The third-order valence-electron chi connectivity index (χ3n) is 4.17. The summed E-state index contributed by atoms with van der Waals surface area (Å²) >= 11 is 0. The van der Waals surface area contributed by atoms with Crippen molar-refractivity contribution < 1.29 is 5.11 Å². The second kappa shape index (κ2) is 5.65. The molecular weight excluding hydrogens is 210 g/mol. The molecule has 1 fully saturated rings. The SMILES string of the molecule is Cc1cccc(CNC2CCCC2CO)c1C. The molecule has 2 atom stereocenters. The summed E-state index contributed by atoms with van der Waals surface area (Å²) in [7, 11) is 0. The van der Waals surface area contributed by atoms with Crippen LogP contribution in [0.25, 0.3) is 0 Å². The molecule has 94 valence electrons. The largest absolute Gasteiger partial charge is 0.396 e. The Kier molecular flexibility index (Phi) is 4.19. The van der Waals surface area contributed by atoms with Crippen molar-refractivity contribution in [3.8, 4) is 0 Å². The molecule has 17 heavy (non-hydrogen) atoms. The molecule has 0 saturated heterocycles. The zero-order valence-electron chi connectivity index (χ0n) is 10.9. The van der Waals surface area contributed by atoms with Crippen LogP contribution in [0, 0.1) is 19.8 Å². The molecule has 0 heterocycles. The quantitative estimate of drug-likeness (QED) is 0.837. The van der Waals surface area contributed by atoms with E-state index < -0.39 is 0 Å². The van der Waals surface area contributed by atoms with Crippen LogP contribution in [0.15, 0.2) is 18.2 Å². The summed E-state index contributed by atoms with van der Waals surface area (Å²) in [4.78, 5) is 0. The zero-order chi connectivity index (χ0) is 12.3. The normalized spacial score (nSPS) is 24.2. The van der Waals surface area contributed by atoms with Gasteiger partial charge in [0.05, 0.1) is 0 Å². The molecule has 1 aromatic carbocycles. The molecule has 2 unspecified atom stereocenters. The lowest BCUT2D eigenvalue weighted by Gasteiger charge is -2.20. The van der Waals surface area contributed by atoms with Crippen molar-refractivity contribution in [3.63, 3.8) is 0 Å². The summed E-state index contributed by atoms with van der Waals surface area (Å²) < 4.78 is 0. The Hall–Kier alpha value is -0.860. The first-order chi connectivity index (χ1) is 8.22. The van der Waals surface area contributed by atoms with Crippen LogP contribution in [0.3, 0.4) is 0 Å². The molecule has 2 nitrogen and oxygen atoms in total. The molecule has 0 aromatic heterocycles. The van der Waals surface area contributed by atoms with Gasteiger partial charge in [-0.2, -0.15) is 0 Å². The molecule has 0 spiro atoms. The maximum Gasteiger partial charge on any atom is 0.0474 e. The summed E-state index contributed by atoms with van der Waals surface area (Å²) in [5.41, 5.74) is 4.13. The minimum Gasteiger partial charge on any atom is -0.396 e. The van der Waals surface area contributed by atoms with Gasteiger partial charge in [-0.25, -0.2) is 0 Å². The van der Waals surface area contributed by atoms with Crippen molar-refractivity contribution in [2.45, 2.75) is 45.7 Å².